The van der Waals surface area contributed by atoms with Gasteiger partial charge in [-0.2, -0.15) is 13.2 Å². The summed E-state index contributed by atoms with van der Waals surface area (Å²) in [7, 11) is 0. The summed E-state index contributed by atoms with van der Waals surface area (Å²) >= 11 is 0. The summed E-state index contributed by atoms with van der Waals surface area (Å²) in [5.74, 6) is -1.51. The maximum Gasteiger partial charge on any atom is 0.416 e. The van der Waals surface area contributed by atoms with Crippen LogP contribution < -0.4 is 5.32 Å². The molecule has 0 unspecified atom stereocenters. The highest BCUT2D eigenvalue weighted by molar-refractivity contribution is 5.72. The van der Waals surface area contributed by atoms with Gasteiger partial charge in [-0.25, -0.2) is 4.39 Å². The van der Waals surface area contributed by atoms with Crippen LogP contribution in [0.1, 0.15) is 31.9 Å². The van der Waals surface area contributed by atoms with E-state index in [0.717, 1.165) is 12.1 Å². The maximum absolute atomic E-state index is 13.1. The van der Waals surface area contributed by atoms with E-state index in [1.807, 2.05) is 0 Å². The Bertz CT molecular complexity index is 507. The highest BCUT2D eigenvalue weighted by Gasteiger charge is 2.31. The van der Waals surface area contributed by atoms with Gasteiger partial charge in [-0.05, 0) is 44.5 Å². The first-order valence-corrected chi connectivity index (χ1v) is 6.26. The predicted molar refractivity (Wildman–Crippen MR) is 69.0 cm³/mol. The van der Waals surface area contributed by atoms with Gasteiger partial charge in [-0.15, -0.1) is 0 Å². The lowest BCUT2D eigenvalue weighted by atomic mass is 10.1. The molecule has 3 nitrogen and oxygen atoms in total. The van der Waals surface area contributed by atoms with Crippen LogP contribution in [0.5, 0.6) is 0 Å². The van der Waals surface area contributed by atoms with Crippen molar-refractivity contribution in [2.45, 2.75) is 39.1 Å². The lowest BCUT2D eigenvalue weighted by Crippen LogP contribution is -2.31. The monoisotopic (exact) mass is 307 g/mol. The molecule has 0 spiro atoms. The highest BCUT2D eigenvalue weighted by Crippen LogP contribution is 2.30. The van der Waals surface area contributed by atoms with E-state index >= 15 is 0 Å². The molecule has 7 heteroatoms. The fourth-order valence-electron chi connectivity index (χ4n) is 1.60. The molecule has 21 heavy (non-hydrogen) atoms. The van der Waals surface area contributed by atoms with Crippen LogP contribution in [0.4, 0.5) is 17.6 Å². The van der Waals surface area contributed by atoms with Crippen LogP contribution in [0.15, 0.2) is 18.2 Å². The Labute approximate surface area is 120 Å². The summed E-state index contributed by atoms with van der Waals surface area (Å²) in [5.41, 5.74) is -1.59. The van der Waals surface area contributed by atoms with Gasteiger partial charge < -0.3 is 10.1 Å². The number of hydrogen-bond acceptors (Lipinski definition) is 3. The zero-order chi connectivity index (χ0) is 16.3. The molecule has 0 bridgehead atoms. The van der Waals surface area contributed by atoms with Gasteiger partial charge >= 0.3 is 12.1 Å². The second-order valence-electron chi connectivity index (χ2n) is 5.54. The van der Waals surface area contributed by atoms with Crippen LogP contribution in [0.3, 0.4) is 0 Å². The Morgan fingerprint density at radius 1 is 1.19 bits per heavy atom. The summed E-state index contributed by atoms with van der Waals surface area (Å²) in [6, 6.07) is 2.25. The first kappa shape index (κ1) is 17.4. The molecule has 1 aromatic carbocycles. The van der Waals surface area contributed by atoms with Crippen molar-refractivity contribution in [2.24, 2.45) is 0 Å². The minimum atomic E-state index is -4.61. The lowest BCUT2D eigenvalue weighted by molar-refractivity contribution is -0.153. The van der Waals surface area contributed by atoms with Crippen molar-refractivity contribution in [3.8, 4) is 0 Å². The number of benzene rings is 1. The van der Waals surface area contributed by atoms with Gasteiger partial charge in [0, 0.05) is 6.54 Å². The second kappa shape index (κ2) is 6.43. The van der Waals surface area contributed by atoms with Crippen LogP contribution in [0.25, 0.3) is 0 Å². The van der Waals surface area contributed by atoms with Gasteiger partial charge in [-0.1, -0.05) is 0 Å². The molecule has 0 aliphatic rings. The smallest absolute Gasteiger partial charge is 0.416 e. The van der Waals surface area contributed by atoms with Gasteiger partial charge in [0.1, 0.15) is 11.4 Å². The molecule has 0 aliphatic heterocycles. The molecule has 1 aromatic rings. The quantitative estimate of drug-likeness (QED) is 0.685. The Morgan fingerprint density at radius 3 is 2.33 bits per heavy atom. The molecule has 0 radical (unpaired) electrons. The number of rotatable bonds is 4. The van der Waals surface area contributed by atoms with Crippen molar-refractivity contribution < 1.29 is 27.1 Å². The van der Waals surface area contributed by atoms with Gasteiger partial charge in [-0.3, -0.25) is 4.79 Å². The van der Waals surface area contributed by atoms with Crippen LogP contribution in [0.2, 0.25) is 0 Å². The van der Waals surface area contributed by atoms with E-state index in [9.17, 15) is 22.4 Å². The highest BCUT2D eigenvalue weighted by atomic mass is 19.4. The molecule has 1 N–H and O–H groups in total. The van der Waals surface area contributed by atoms with Crippen molar-refractivity contribution in [3.63, 3.8) is 0 Å². The molecule has 0 amide bonds. The number of ether oxygens (including phenoxy) is 1. The van der Waals surface area contributed by atoms with E-state index in [-0.39, 0.29) is 18.7 Å². The van der Waals surface area contributed by atoms with E-state index in [4.69, 9.17) is 4.74 Å². The van der Waals surface area contributed by atoms with E-state index in [2.05, 4.69) is 5.32 Å². The largest absolute Gasteiger partial charge is 0.459 e. The Balaban J connectivity index is 2.60. The molecule has 0 saturated carbocycles. The van der Waals surface area contributed by atoms with Crippen molar-refractivity contribution in [3.05, 3.63) is 35.1 Å². The number of carbonyl (C=O) groups excluding carboxylic acids is 1. The molecule has 0 aliphatic carbocycles. The molecule has 0 atom stereocenters. The number of halogens is 4. The van der Waals surface area contributed by atoms with Crippen LogP contribution in [-0.2, 0) is 22.3 Å². The zero-order valence-electron chi connectivity index (χ0n) is 12.0. The summed E-state index contributed by atoms with van der Waals surface area (Å²) in [6.45, 7) is 4.86. The van der Waals surface area contributed by atoms with Gasteiger partial charge in [0.15, 0.2) is 0 Å². The van der Waals surface area contributed by atoms with Crippen molar-refractivity contribution in [2.75, 3.05) is 6.54 Å². The number of hydrogen-bond donors (Lipinski definition) is 1. The molecule has 0 saturated heterocycles. The molecule has 0 fully saturated rings. The number of carbonyl (C=O) groups is 1. The van der Waals surface area contributed by atoms with E-state index in [1.165, 1.54) is 0 Å². The molecule has 0 aromatic heterocycles. The topological polar surface area (TPSA) is 38.3 Å². The average Bonchev–Trinajstić information content (AvgIpc) is 2.24. The zero-order valence-corrected chi connectivity index (χ0v) is 12.0. The number of esters is 1. The number of alkyl halides is 3. The lowest BCUT2D eigenvalue weighted by Gasteiger charge is -2.19. The third-order valence-corrected chi connectivity index (χ3v) is 2.30. The second-order valence-corrected chi connectivity index (χ2v) is 5.54. The maximum atomic E-state index is 13.1. The third-order valence-electron chi connectivity index (χ3n) is 2.30. The standard InChI is InChI=1S/C14H17F4NO2/c1-13(2,3)21-12(20)8-19-7-9-4-10(14(16,17)18)6-11(15)5-9/h4-6,19H,7-8H2,1-3H3. The Morgan fingerprint density at radius 2 is 1.81 bits per heavy atom. The summed E-state index contributed by atoms with van der Waals surface area (Å²) in [6.07, 6.45) is -4.61. The van der Waals surface area contributed by atoms with Crippen LogP contribution >= 0.6 is 0 Å². The van der Waals surface area contributed by atoms with Crippen LogP contribution in [-0.4, -0.2) is 18.1 Å². The minimum Gasteiger partial charge on any atom is -0.459 e. The Hall–Kier alpha value is -1.63. The summed E-state index contributed by atoms with van der Waals surface area (Å²) in [5, 5.41) is 2.62. The van der Waals surface area contributed by atoms with E-state index < -0.39 is 29.1 Å². The first-order chi connectivity index (χ1) is 9.47. The minimum absolute atomic E-state index is 0.0694. The molecular formula is C14H17F4NO2. The van der Waals surface area contributed by atoms with E-state index in [0.29, 0.717) is 6.07 Å². The van der Waals surface area contributed by atoms with Gasteiger partial charge in [0.05, 0.1) is 12.1 Å². The fourth-order valence-corrected chi connectivity index (χ4v) is 1.60. The predicted octanol–water partition coefficient (Wildman–Crippen LogP) is 3.28. The first-order valence-electron chi connectivity index (χ1n) is 6.26. The molecule has 118 valence electrons. The molecular weight excluding hydrogens is 290 g/mol. The van der Waals surface area contributed by atoms with Crippen molar-refractivity contribution in [1.29, 1.82) is 0 Å². The molecule has 0 heterocycles. The summed E-state index contributed by atoms with van der Waals surface area (Å²) in [4.78, 5) is 11.4. The normalized spacial score (nSPS) is 12.3. The van der Waals surface area contributed by atoms with Crippen LogP contribution in [0, 0.1) is 5.82 Å². The van der Waals surface area contributed by atoms with Gasteiger partial charge in [0.2, 0.25) is 0 Å². The Kier molecular flexibility index (Phi) is 5.33. The third kappa shape index (κ3) is 6.57. The SMILES string of the molecule is CC(C)(C)OC(=O)CNCc1cc(F)cc(C(F)(F)F)c1. The molecule has 1 rings (SSSR count). The summed E-state index contributed by atoms with van der Waals surface area (Å²) < 4.78 is 55.7. The fraction of sp³-hybridized carbons (Fsp3) is 0.500. The average molecular weight is 307 g/mol. The van der Waals surface area contributed by atoms with Crippen molar-refractivity contribution in [1.82, 2.24) is 5.32 Å². The van der Waals surface area contributed by atoms with Crippen molar-refractivity contribution >= 4 is 5.97 Å². The van der Waals surface area contributed by atoms with Gasteiger partial charge in [0.25, 0.3) is 0 Å². The van der Waals surface area contributed by atoms with E-state index in [1.54, 1.807) is 20.8 Å². The number of nitrogens with one attached hydrogen (secondary N) is 1.